The van der Waals surface area contributed by atoms with Crippen molar-refractivity contribution in [3.63, 3.8) is 0 Å². The lowest BCUT2D eigenvalue weighted by molar-refractivity contribution is -0.122. The molecule has 0 spiro atoms. The van der Waals surface area contributed by atoms with Crippen LogP contribution in [0.15, 0.2) is 18.2 Å². The number of aryl methyl sites for hydroxylation is 2. The van der Waals surface area contributed by atoms with Gasteiger partial charge in [0.25, 0.3) is 0 Å². The summed E-state index contributed by atoms with van der Waals surface area (Å²) >= 11 is 0. The van der Waals surface area contributed by atoms with Crippen LogP contribution in [-0.4, -0.2) is 54.8 Å². The molecule has 124 valence electrons. The van der Waals surface area contributed by atoms with Gasteiger partial charge in [-0.15, -0.1) is 0 Å². The number of benzene rings is 1. The summed E-state index contributed by atoms with van der Waals surface area (Å²) in [5.74, 6) is 0.749. The fourth-order valence-corrected chi connectivity index (χ4v) is 2.14. The van der Waals surface area contributed by atoms with Crippen molar-refractivity contribution in [1.29, 1.82) is 0 Å². The van der Waals surface area contributed by atoms with E-state index in [9.17, 15) is 9.90 Å². The molecule has 0 unspecified atom stereocenters. The van der Waals surface area contributed by atoms with Gasteiger partial charge in [0.05, 0.1) is 6.54 Å². The normalized spacial score (nSPS) is 12.5. The van der Waals surface area contributed by atoms with Gasteiger partial charge in [-0.3, -0.25) is 9.69 Å². The predicted molar refractivity (Wildman–Crippen MR) is 88.2 cm³/mol. The Morgan fingerprint density at radius 3 is 2.68 bits per heavy atom. The number of hydrogen-bond donors (Lipinski definition) is 2. The van der Waals surface area contributed by atoms with E-state index in [1.165, 1.54) is 0 Å². The number of amides is 1. The number of carbonyl (C=O) groups is 1. The van der Waals surface area contributed by atoms with E-state index in [0.717, 1.165) is 16.9 Å². The first-order valence-corrected chi connectivity index (χ1v) is 7.64. The van der Waals surface area contributed by atoms with Crippen LogP contribution in [0, 0.1) is 13.8 Å². The fourth-order valence-electron chi connectivity index (χ4n) is 2.14. The van der Waals surface area contributed by atoms with Gasteiger partial charge >= 0.3 is 0 Å². The van der Waals surface area contributed by atoms with Crippen LogP contribution in [0.1, 0.15) is 25.0 Å². The van der Waals surface area contributed by atoms with Crippen LogP contribution in [0.4, 0.5) is 0 Å². The maximum absolute atomic E-state index is 11.6. The lowest BCUT2D eigenvalue weighted by Gasteiger charge is -2.21. The molecule has 1 atom stereocenters. The Labute approximate surface area is 133 Å². The molecule has 0 aliphatic rings. The smallest absolute Gasteiger partial charge is 0.234 e. The molecule has 0 aromatic heterocycles. The summed E-state index contributed by atoms with van der Waals surface area (Å²) in [6.45, 7) is 8.68. The van der Waals surface area contributed by atoms with Crippen molar-refractivity contribution >= 4 is 5.91 Å². The van der Waals surface area contributed by atoms with E-state index in [0.29, 0.717) is 6.54 Å². The Bertz CT molecular complexity index is 489. The van der Waals surface area contributed by atoms with Gasteiger partial charge < -0.3 is 15.2 Å². The quantitative estimate of drug-likeness (QED) is 0.764. The minimum absolute atomic E-state index is 0.0415. The standard InChI is InChI=1S/C17H28N2O3/c1-12(2)18-17(21)10-19(5)9-15(20)11-22-16-8-13(3)6-7-14(16)4/h6-8,12,15,20H,9-11H2,1-5H3,(H,18,21)/t15-/m1/s1. The van der Waals surface area contributed by atoms with E-state index < -0.39 is 6.10 Å². The van der Waals surface area contributed by atoms with Gasteiger partial charge in [-0.25, -0.2) is 0 Å². The Hall–Kier alpha value is -1.59. The minimum Gasteiger partial charge on any atom is -0.491 e. The molecule has 1 aromatic rings. The average Bonchev–Trinajstić information content (AvgIpc) is 2.38. The number of nitrogens with zero attached hydrogens (tertiary/aromatic N) is 1. The molecule has 5 nitrogen and oxygen atoms in total. The molecule has 22 heavy (non-hydrogen) atoms. The van der Waals surface area contributed by atoms with Crippen LogP contribution < -0.4 is 10.1 Å². The Balaban J connectivity index is 2.38. The SMILES string of the molecule is Cc1ccc(C)c(OC[C@H](O)CN(C)CC(=O)NC(C)C)c1. The van der Waals surface area contributed by atoms with E-state index in [-0.39, 0.29) is 25.1 Å². The monoisotopic (exact) mass is 308 g/mol. The van der Waals surface area contributed by atoms with Crippen LogP contribution in [0.3, 0.4) is 0 Å². The summed E-state index contributed by atoms with van der Waals surface area (Å²) < 4.78 is 5.67. The maximum Gasteiger partial charge on any atom is 0.234 e. The Morgan fingerprint density at radius 2 is 2.05 bits per heavy atom. The van der Waals surface area contributed by atoms with Crippen molar-refractivity contribution < 1.29 is 14.6 Å². The molecule has 0 aliphatic heterocycles. The lowest BCUT2D eigenvalue weighted by Crippen LogP contribution is -2.42. The van der Waals surface area contributed by atoms with Crippen molar-refractivity contribution in [1.82, 2.24) is 10.2 Å². The summed E-state index contributed by atoms with van der Waals surface area (Å²) in [6, 6.07) is 6.11. The van der Waals surface area contributed by atoms with Crippen molar-refractivity contribution in [2.45, 2.75) is 39.8 Å². The molecule has 0 aliphatic carbocycles. The highest BCUT2D eigenvalue weighted by atomic mass is 16.5. The highest BCUT2D eigenvalue weighted by Crippen LogP contribution is 2.19. The summed E-state index contributed by atoms with van der Waals surface area (Å²) in [5, 5.41) is 12.9. The second-order valence-electron chi connectivity index (χ2n) is 6.15. The molecule has 5 heteroatoms. The van der Waals surface area contributed by atoms with E-state index >= 15 is 0 Å². The van der Waals surface area contributed by atoms with Gasteiger partial charge in [0.2, 0.25) is 5.91 Å². The number of hydrogen-bond acceptors (Lipinski definition) is 4. The molecule has 0 bridgehead atoms. The van der Waals surface area contributed by atoms with Gasteiger partial charge in [0, 0.05) is 12.6 Å². The summed E-state index contributed by atoms with van der Waals surface area (Å²) in [5.41, 5.74) is 2.17. The number of likely N-dealkylation sites (N-methyl/N-ethyl adjacent to an activating group) is 1. The lowest BCUT2D eigenvalue weighted by atomic mass is 10.1. The van der Waals surface area contributed by atoms with Crippen LogP contribution in [0.2, 0.25) is 0 Å². The largest absolute Gasteiger partial charge is 0.491 e. The first kappa shape index (κ1) is 18.5. The molecule has 1 amide bonds. The number of aliphatic hydroxyl groups excluding tert-OH is 1. The second-order valence-corrected chi connectivity index (χ2v) is 6.15. The zero-order valence-corrected chi connectivity index (χ0v) is 14.2. The highest BCUT2D eigenvalue weighted by Gasteiger charge is 2.13. The van der Waals surface area contributed by atoms with Crippen LogP contribution in [0.25, 0.3) is 0 Å². The summed E-state index contributed by atoms with van der Waals surface area (Å²) in [7, 11) is 1.81. The van der Waals surface area contributed by atoms with Gasteiger partial charge in [-0.05, 0) is 51.9 Å². The van der Waals surface area contributed by atoms with Crippen molar-refractivity contribution in [2.75, 3.05) is 26.7 Å². The maximum atomic E-state index is 11.6. The molecule has 0 heterocycles. The Kier molecular flexibility index (Phi) is 7.35. The third-order valence-corrected chi connectivity index (χ3v) is 3.16. The first-order chi connectivity index (χ1) is 10.3. The van der Waals surface area contributed by atoms with Crippen molar-refractivity contribution in [3.8, 4) is 5.75 Å². The van der Waals surface area contributed by atoms with Gasteiger partial charge in [0.15, 0.2) is 0 Å². The first-order valence-electron chi connectivity index (χ1n) is 7.64. The topological polar surface area (TPSA) is 61.8 Å². The third-order valence-electron chi connectivity index (χ3n) is 3.16. The highest BCUT2D eigenvalue weighted by molar-refractivity contribution is 5.78. The van der Waals surface area contributed by atoms with Crippen LogP contribution in [-0.2, 0) is 4.79 Å². The Morgan fingerprint density at radius 1 is 1.36 bits per heavy atom. The number of rotatable bonds is 8. The second kappa shape index (κ2) is 8.76. The van der Waals surface area contributed by atoms with Gasteiger partial charge in [-0.1, -0.05) is 12.1 Å². The van der Waals surface area contributed by atoms with Crippen molar-refractivity contribution in [2.24, 2.45) is 0 Å². The minimum atomic E-state index is -0.642. The zero-order chi connectivity index (χ0) is 16.7. The zero-order valence-electron chi connectivity index (χ0n) is 14.2. The van der Waals surface area contributed by atoms with Crippen LogP contribution >= 0.6 is 0 Å². The van der Waals surface area contributed by atoms with Gasteiger partial charge in [-0.2, -0.15) is 0 Å². The average molecular weight is 308 g/mol. The number of aliphatic hydroxyl groups is 1. The molecule has 2 N–H and O–H groups in total. The van der Waals surface area contributed by atoms with E-state index in [1.807, 2.05) is 45.9 Å². The summed E-state index contributed by atoms with van der Waals surface area (Å²) in [4.78, 5) is 13.4. The molecule has 0 saturated carbocycles. The van der Waals surface area contributed by atoms with E-state index in [1.54, 1.807) is 11.9 Å². The molecule has 0 fully saturated rings. The van der Waals surface area contributed by atoms with Gasteiger partial charge in [0.1, 0.15) is 18.5 Å². The molecular formula is C17H28N2O3. The van der Waals surface area contributed by atoms with E-state index in [2.05, 4.69) is 5.32 Å². The molecule has 1 rings (SSSR count). The molecule has 0 saturated heterocycles. The molecule has 1 aromatic carbocycles. The van der Waals surface area contributed by atoms with Crippen LogP contribution in [0.5, 0.6) is 5.75 Å². The third kappa shape index (κ3) is 6.91. The predicted octanol–water partition coefficient (Wildman–Crippen LogP) is 1.50. The summed E-state index contributed by atoms with van der Waals surface area (Å²) in [6.07, 6.45) is -0.642. The van der Waals surface area contributed by atoms with E-state index in [4.69, 9.17) is 4.74 Å². The number of nitrogens with one attached hydrogen (secondary N) is 1. The fraction of sp³-hybridized carbons (Fsp3) is 0.588. The van der Waals surface area contributed by atoms with Crippen molar-refractivity contribution in [3.05, 3.63) is 29.3 Å². The molecular weight excluding hydrogens is 280 g/mol. The number of ether oxygens (including phenoxy) is 1. The number of carbonyl (C=O) groups excluding carboxylic acids is 1. The molecule has 0 radical (unpaired) electrons.